The number of carbonyl (C=O) groups excluding carboxylic acids is 4. The van der Waals surface area contributed by atoms with Crippen LogP contribution in [0, 0.1) is 5.92 Å². The molecule has 4 aromatic carbocycles. The Balaban J connectivity index is 0.000000246. The van der Waals surface area contributed by atoms with Crippen LogP contribution >= 0.6 is 0 Å². The smallest absolute Gasteiger partial charge is 0.308 e. The van der Waals surface area contributed by atoms with Crippen molar-refractivity contribution in [2.75, 3.05) is 35.0 Å². The Morgan fingerprint density at radius 3 is 1.51 bits per heavy atom. The number of benzene rings is 4. The molecule has 440 valence electrons. The maximum Gasteiger partial charge on any atom is 0.308 e. The highest BCUT2D eigenvalue weighted by molar-refractivity contribution is 5.89. The number of hydrogen-bond acceptors (Lipinski definition) is 26. The molecule has 0 amide bonds. The van der Waals surface area contributed by atoms with Crippen molar-refractivity contribution in [3.63, 3.8) is 0 Å². The molecule has 6 N–H and O–H groups in total. The second kappa shape index (κ2) is 25.9. The molecular formula is C56H60O26. The van der Waals surface area contributed by atoms with Crippen molar-refractivity contribution in [3.05, 3.63) is 81.1 Å². The van der Waals surface area contributed by atoms with E-state index in [0.717, 1.165) is 19.1 Å². The molecule has 2 aliphatic rings. The van der Waals surface area contributed by atoms with Crippen LogP contribution in [-0.2, 0) is 38.1 Å². The summed E-state index contributed by atoms with van der Waals surface area (Å²) in [5, 5.41) is 59.8. The molecule has 2 fully saturated rings. The lowest BCUT2D eigenvalue weighted by Crippen LogP contribution is -2.60. The van der Waals surface area contributed by atoms with Gasteiger partial charge in [0.1, 0.15) is 87.0 Å². The first-order chi connectivity index (χ1) is 38.9. The van der Waals surface area contributed by atoms with E-state index in [2.05, 4.69) is 0 Å². The molecule has 10 atom stereocenters. The minimum Gasteiger partial charge on any atom is -0.507 e. The van der Waals surface area contributed by atoms with Crippen LogP contribution in [0.15, 0.2) is 79.1 Å². The van der Waals surface area contributed by atoms with Gasteiger partial charge in [-0.25, -0.2) is 0 Å². The van der Waals surface area contributed by atoms with E-state index in [-0.39, 0.29) is 91.1 Å². The van der Waals surface area contributed by atoms with Crippen LogP contribution in [0.5, 0.6) is 57.5 Å². The molecule has 0 aliphatic carbocycles. The highest BCUT2D eigenvalue weighted by atomic mass is 16.7. The van der Waals surface area contributed by atoms with Crippen molar-refractivity contribution in [3.8, 4) is 80.1 Å². The Bertz CT molecular complexity index is 3420. The number of phenols is 2. The highest BCUT2D eigenvalue weighted by Gasteiger charge is 2.49. The third kappa shape index (κ3) is 13.2. The molecule has 8 rings (SSSR count). The standard InChI is InChI=1S/C33H36O14.C23H24O12/c1-9-23-15(2)30(42-17(4)35)32(44-19(6)37)33(47-23)45-21-12-25(41-16(3)34)29-22(38)14-24(46-26(29)13-21)20-10-27(39-7)31(43-18(5)36)28(11-20)40-8;1-31-15-3-9(4-16(32-2)19(15)27)13-7-12(26)18-11(25)5-10(6-14(18)34-13)33-23-22(30)21(29)20(28)17(8-24)35-23/h10-15,23,30,32-33H,9H2,1-8H3;3-7,17,20-25,27-30H,8H2,1-2H3/t15-,23-,30+,32-,33-;17-,20-,21+,22-,23-/m11/s1. The average Bonchev–Trinajstić information content (AvgIpc) is 2.74. The summed E-state index contributed by atoms with van der Waals surface area (Å²) in [6, 6.07) is 13.2. The number of aromatic hydroxyl groups is 2. The molecule has 2 aromatic heterocycles. The van der Waals surface area contributed by atoms with Crippen LogP contribution in [0.4, 0.5) is 0 Å². The van der Waals surface area contributed by atoms with Crippen LogP contribution in [0.2, 0.25) is 0 Å². The largest absolute Gasteiger partial charge is 0.507 e. The predicted octanol–water partition coefficient (Wildman–Crippen LogP) is 4.41. The fourth-order valence-electron chi connectivity index (χ4n) is 9.15. The Kier molecular flexibility index (Phi) is 19.2. The summed E-state index contributed by atoms with van der Waals surface area (Å²) in [7, 11) is 5.41. The first-order valence-corrected chi connectivity index (χ1v) is 25.1. The third-order valence-corrected chi connectivity index (χ3v) is 12.9. The van der Waals surface area contributed by atoms with Gasteiger partial charge in [-0.05, 0) is 30.7 Å². The first-order valence-electron chi connectivity index (χ1n) is 25.1. The van der Waals surface area contributed by atoms with Crippen molar-refractivity contribution in [1.82, 2.24) is 0 Å². The SMILES string of the molecule is CC[C@H]1O[C@@H](Oc2cc(OC(C)=O)c3c(=O)cc(-c4cc(OC)c(OC(C)=O)c(OC)c4)oc3c2)[C@H](OC(C)=O)[C@@H](OC(C)=O)[C@@H]1C.COc1cc(-c2cc(=O)c3c(O)cc(O[C@@H]4O[C@H](CO)[C@@H](O)[C@H](O)[C@H]4O)cc3o2)cc(OC)c1O. The zero-order chi connectivity index (χ0) is 60.0. The summed E-state index contributed by atoms with van der Waals surface area (Å²) in [4.78, 5) is 74.1. The van der Waals surface area contributed by atoms with Gasteiger partial charge >= 0.3 is 23.9 Å². The molecule has 26 nitrogen and oxygen atoms in total. The Labute approximate surface area is 465 Å². The van der Waals surface area contributed by atoms with Crippen molar-refractivity contribution in [1.29, 1.82) is 0 Å². The number of hydrogen-bond donors (Lipinski definition) is 6. The molecule has 6 aromatic rings. The van der Waals surface area contributed by atoms with Gasteiger partial charge < -0.3 is 96.3 Å². The van der Waals surface area contributed by atoms with Crippen molar-refractivity contribution in [2.45, 2.75) is 103 Å². The number of esters is 4. The van der Waals surface area contributed by atoms with E-state index in [9.17, 15) is 59.4 Å². The fraction of sp³-hybridized carbons (Fsp3) is 0.393. The number of carbonyl (C=O) groups is 4. The Morgan fingerprint density at radius 1 is 0.537 bits per heavy atom. The van der Waals surface area contributed by atoms with Crippen molar-refractivity contribution >= 4 is 45.8 Å². The van der Waals surface area contributed by atoms with E-state index in [4.69, 9.17) is 65.7 Å². The minimum absolute atomic E-state index is 0.0163. The molecule has 4 heterocycles. The van der Waals surface area contributed by atoms with Crippen LogP contribution in [0.1, 0.15) is 48.0 Å². The topological polar surface area (TPSA) is 361 Å². The molecule has 0 unspecified atom stereocenters. The molecular weight excluding hydrogens is 1090 g/mol. The molecule has 0 bridgehead atoms. The van der Waals surface area contributed by atoms with Crippen molar-refractivity contribution < 1.29 is 115 Å². The summed E-state index contributed by atoms with van der Waals surface area (Å²) >= 11 is 0. The lowest BCUT2D eigenvalue weighted by atomic mass is 9.89. The third-order valence-electron chi connectivity index (χ3n) is 12.9. The van der Waals surface area contributed by atoms with Gasteiger partial charge in [0.05, 0.1) is 41.2 Å². The lowest BCUT2D eigenvalue weighted by molar-refractivity contribution is -0.277. The number of fused-ring (bicyclic) bond motifs is 2. The van der Waals surface area contributed by atoms with Gasteiger partial charge in [0.15, 0.2) is 33.9 Å². The molecule has 2 aliphatic heterocycles. The van der Waals surface area contributed by atoms with Crippen LogP contribution < -0.4 is 48.8 Å². The molecule has 26 heteroatoms. The average molecular weight is 1150 g/mol. The van der Waals surface area contributed by atoms with Crippen LogP contribution in [0.3, 0.4) is 0 Å². The summed E-state index contributed by atoms with van der Waals surface area (Å²) in [5.74, 6) is -3.34. The maximum atomic E-state index is 13.5. The van der Waals surface area contributed by atoms with E-state index in [0.29, 0.717) is 17.5 Å². The predicted molar refractivity (Wildman–Crippen MR) is 282 cm³/mol. The van der Waals surface area contributed by atoms with Gasteiger partial charge in [0.25, 0.3) is 0 Å². The number of aliphatic hydroxyl groups is 4. The fourth-order valence-corrected chi connectivity index (χ4v) is 9.15. The number of rotatable bonds is 16. The maximum absolute atomic E-state index is 13.5. The summed E-state index contributed by atoms with van der Waals surface area (Å²) in [6.07, 6.45) is -10.9. The van der Waals surface area contributed by atoms with E-state index in [1.165, 1.54) is 97.7 Å². The minimum atomic E-state index is -1.68. The summed E-state index contributed by atoms with van der Waals surface area (Å²) < 4.78 is 77.9. The second-order valence-electron chi connectivity index (χ2n) is 18.6. The van der Waals surface area contributed by atoms with Crippen molar-refractivity contribution in [2.24, 2.45) is 5.92 Å². The van der Waals surface area contributed by atoms with Gasteiger partial charge in [0, 0.05) is 81.1 Å². The molecule has 0 saturated carbocycles. The second-order valence-corrected chi connectivity index (χ2v) is 18.6. The lowest BCUT2D eigenvalue weighted by Gasteiger charge is -2.43. The number of aliphatic hydroxyl groups excluding tert-OH is 4. The van der Waals surface area contributed by atoms with Gasteiger partial charge in [-0.15, -0.1) is 0 Å². The van der Waals surface area contributed by atoms with Gasteiger partial charge in [-0.2, -0.15) is 0 Å². The van der Waals surface area contributed by atoms with E-state index >= 15 is 0 Å². The van der Waals surface area contributed by atoms with Crippen LogP contribution in [0.25, 0.3) is 44.6 Å². The van der Waals surface area contributed by atoms with Gasteiger partial charge in [0.2, 0.25) is 30.2 Å². The monoisotopic (exact) mass is 1150 g/mol. The Morgan fingerprint density at radius 2 is 1.01 bits per heavy atom. The molecule has 82 heavy (non-hydrogen) atoms. The zero-order valence-electron chi connectivity index (χ0n) is 45.8. The number of ether oxygens (including phenoxy) is 12. The Hall–Kier alpha value is -8.66. The number of phenolic OH excluding ortho intramolecular Hbond substituents is 2. The van der Waals surface area contributed by atoms with Gasteiger partial charge in [-0.1, -0.05) is 13.8 Å². The highest BCUT2D eigenvalue weighted by Crippen LogP contribution is 2.44. The zero-order valence-corrected chi connectivity index (χ0v) is 45.8. The molecule has 2 saturated heterocycles. The quantitative estimate of drug-likeness (QED) is 0.0577. The number of methoxy groups -OCH3 is 4. The van der Waals surface area contributed by atoms with E-state index in [1.54, 1.807) is 0 Å². The molecule has 0 spiro atoms. The van der Waals surface area contributed by atoms with E-state index < -0.39 is 102 Å². The summed E-state index contributed by atoms with van der Waals surface area (Å²) in [6.45, 7) is 7.87. The molecule has 0 radical (unpaired) electrons. The summed E-state index contributed by atoms with van der Waals surface area (Å²) in [5.41, 5.74) is -0.617. The van der Waals surface area contributed by atoms with E-state index in [1.807, 2.05) is 13.8 Å². The van der Waals surface area contributed by atoms with Gasteiger partial charge in [-0.3, -0.25) is 28.8 Å². The van der Waals surface area contributed by atoms with Crippen LogP contribution in [-0.4, -0.2) is 145 Å². The first kappa shape index (κ1) is 61.0. The normalized spacial score (nSPS) is 22.2.